The van der Waals surface area contributed by atoms with E-state index in [1.54, 1.807) is 10.9 Å². The largest absolute Gasteiger partial charge is 0.343 e. The minimum absolute atomic E-state index is 0. The van der Waals surface area contributed by atoms with Crippen LogP contribution < -0.4 is 5.32 Å². The molecule has 0 aliphatic carbocycles. The van der Waals surface area contributed by atoms with E-state index in [4.69, 9.17) is 4.99 Å². The average Bonchev–Trinajstić information content (AvgIpc) is 2.98. The fraction of sp³-hybridized carbons (Fsp3) is 0.438. The molecule has 3 rings (SSSR count). The Hall–Kier alpha value is -1.64. The lowest BCUT2D eigenvalue weighted by Crippen LogP contribution is -2.40. The Balaban J connectivity index is 0.00000192. The molecule has 2 aromatic rings. The summed E-state index contributed by atoms with van der Waals surface area (Å²) in [7, 11) is 1.89. The monoisotopic (exact) mass is 426 g/mol. The van der Waals surface area contributed by atoms with Crippen molar-refractivity contribution < 1.29 is 0 Å². The fourth-order valence-corrected chi connectivity index (χ4v) is 2.58. The summed E-state index contributed by atoms with van der Waals surface area (Å²) in [6.45, 7) is 2.69. The summed E-state index contributed by atoms with van der Waals surface area (Å²) in [6, 6.07) is 10.2. The van der Waals surface area contributed by atoms with Gasteiger partial charge in [-0.05, 0) is 31.4 Å². The van der Waals surface area contributed by atoms with Crippen molar-refractivity contribution >= 4 is 35.6 Å². The van der Waals surface area contributed by atoms with Crippen LogP contribution in [0.3, 0.4) is 0 Å². The highest BCUT2D eigenvalue weighted by atomic mass is 127. The predicted octanol–water partition coefficient (Wildman–Crippen LogP) is 2.89. The van der Waals surface area contributed by atoms with Gasteiger partial charge in [-0.2, -0.15) is 0 Å². The van der Waals surface area contributed by atoms with Crippen LogP contribution in [0.5, 0.6) is 0 Å². The number of aromatic nitrogens is 3. The van der Waals surface area contributed by atoms with Crippen molar-refractivity contribution in [2.75, 3.05) is 18.4 Å². The summed E-state index contributed by atoms with van der Waals surface area (Å²) in [5, 5.41) is 11.3. The summed E-state index contributed by atoms with van der Waals surface area (Å²) in [4.78, 5) is 7.11. The Labute approximate surface area is 154 Å². The molecule has 0 spiro atoms. The summed E-state index contributed by atoms with van der Waals surface area (Å²) < 4.78 is 1.76. The maximum absolute atomic E-state index is 4.78. The van der Waals surface area contributed by atoms with E-state index >= 15 is 0 Å². The molecule has 0 radical (unpaired) electrons. The first-order chi connectivity index (χ1) is 10.8. The molecule has 1 aliphatic rings. The summed E-state index contributed by atoms with van der Waals surface area (Å²) >= 11 is 0. The van der Waals surface area contributed by atoms with Gasteiger partial charge in [-0.25, -0.2) is 4.99 Å². The smallest absolute Gasteiger partial charge is 0.198 e. The molecule has 1 saturated heterocycles. The molecule has 23 heavy (non-hydrogen) atoms. The number of piperidine rings is 1. The number of aryl methyl sites for hydroxylation is 1. The number of para-hydroxylation sites is 1. The number of rotatable bonds is 3. The quantitative estimate of drug-likeness (QED) is 0.466. The van der Waals surface area contributed by atoms with Crippen molar-refractivity contribution in [3.8, 4) is 0 Å². The lowest BCUT2D eigenvalue weighted by atomic mass is 10.1. The van der Waals surface area contributed by atoms with Crippen LogP contribution in [0, 0.1) is 0 Å². The minimum atomic E-state index is 0. The number of benzene rings is 1. The Morgan fingerprint density at radius 2 is 1.91 bits per heavy atom. The molecule has 7 heteroatoms. The minimum Gasteiger partial charge on any atom is -0.343 e. The molecular weight excluding hydrogens is 403 g/mol. The van der Waals surface area contributed by atoms with E-state index in [1.807, 2.05) is 25.2 Å². The molecule has 6 nitrogen and oxygen atoms in total. The third-order valence-corrected chi connectivity index (χ3v) is 3.88. The first-order valence-electron chi connectivity index (χ1n) is 7.78. The van der Waals surface area contributed by atoms with E-state index in [-0.39, 0.29) is 24.0 Å². The van der Waals surface area contributed by atoms with Crippen LogP contribution in [0.1, 0.15) is 25.0 Å². The molecule has 1 N–H and O–H groups in total. The van der Waals surface area contributed by atoms with Crippen molar-refractivity contribution in [3.05, 3.63) is 42.2 Å². The number of nitrogens with one attached hydrogen (secondary N) is 1. The Morgan fingerprint density at radius 3 is 2.57 bits per heavy atom. The average molecular weight is 426 g/mol. The van der Waals surface area contributed by atoms with E-state index in [1.165, 1.54) is 19.3 Å². The summed E-state index contributed by atoms with van der Waals surface area (Å²) in [5.74, 6) is 0.937. The van der Waals surface area contributed by atoms with Gasteiger partial charge in [0.15, 0.2) is 5.96 Å². The lowest BCUT2D eigenvalue weighted by Gasteiger charge is -2.30. The highest BCUT2D eigenvalue weighted by molar-refractivity contribution is 14.0. The molecule has 0 unspecified atom stereocenters. The maximum atomic E-state index is 4.78. The van der Waals surface area contributed by atoms with E-state index < -0.39 is 0 Å². The molecule has 1 fully saturated rings. The maximum Gasteiger partial charge on any atom is 0.198 e. The second-order valence-electron chi connectivity index (χ2n) is 5.53. The molecule has 2 heterocycles. The zero-order valence-electron chi connectivity index (χ0n) is 13.4. The molecule has 1 aromatic heterocycles. The van der Waals surface area contributed by atoms with Crippen LogP contribution in [-0.2, 0) is 13.6 Å². The zero-order valence-corrected chi connectivity index (χ0v) is 15.7. The van der Waals surface area contributed by atoms with E-state index in [2.05, 4.69) is 32.7 Å². The van der Waals surface area contributed by atoms with Crippen molar-refractivity contribution in [2.24, 2.45) is 12.0 Å². The summed E-state index contributed by atoms with van der Waals surface area (Å²) in [5.41, 5.74) is 2.07. The topological polar surface area (TPSA) is 58.3 Å². The van der Waals surface area contributed by atoms with Gasteiger partial charge in [0.2, 0.25) is 0 Å². The highest BCUT2D eigenvalue weighted by Gasteiger charge is 2.15. The number of nitrogens with zero attached hydrogens (tertiary/aromatic N) is 5. The molecule has 0 saturated carbocycles. The highest BCUT2D eigenvalue weighted by Crippen LogP contribution is 2.13. The lowest BCUT2D eigenvalue weighted by molar-refractivity contribution is 0.340. The number of anilines is 1. The predicted molar refractivity (Wildman–Crippen MR) is 103 cm³/mol. The van der Waals surface area contributed by atoms with E-state index in [0.29, 0.717) is 6.54 Å². The van der Waals surface area contributed by atoms with Gasteiger partial charge in [0, 0.05) is 25.8 Å². The number of likely N-dealkylation sites (tertiary alicyclic amines) is 1. The van der Waals surface area contributed by atoms with Gasteiger partial charge in [-0.1, -0.05) is 23.4 Å². The van der Waals surface area contributed by atoms with Gasteiger partial charge < -0.3 is 10.2 Å². The third-order valence-electron chi connectivity index (χ3n) is 3.88. The number of hydrogen-bond acceptors (Lipinski definition) is 3. The van der Waals surface area contributed by atoms with Crippen LogP contribution in [0.4, 0.5) is 5.69 Å². The normalized spacial score (nSPS) is 15.2. The van der Waals surface area contributed by atoms with Crippen molar-refractivity contribution in [1.29, 1.82) is 0 Å². The number of hydrogen-bond donors (Lipinski definition) is 1. The van der Waals surface area contributed by atoms with Crippen LogP contribution in [-0.4, -0.2) is 38.9 Å². The Morgan fingerprint density at radius 1 is 1.17 bits per heavy atom. The molecule has 1 aromatic carbocycles. The van der Waals surface area contributed by atoms with Gasteiger partial charge in [-0.3, -0.25) is 4.68 Å². The van der Waals surface area contributed by atoms with Crippen LogP contribution in [0.2, 0.25) is 0 Å². The van der Waals surface area contributed by atoms with Gasteiger partial charge in [0.25, 0.3) is 0 Å². The Kier molecular flexibility index (Phi) is 6.82. The van der Waals surface area contributed by atoms with Gasteiger partial charge >= 0.3 is 0 Å². The van der Waals surface area contributed by atoms with Gasteiger partial charge in [0.1, 0.15) is 0 Å². The standard InChI is InChI=1S/C16H22N6.HI/c1-21-15(13-18-20-21)12-17-16(22-10-6-3-7-11-22)19-14-8-4-2-5-9-14;/h2,4-5,8-9,13H,3,6-7,10-12H2,1H3,(H,17,19);1H. The number of aliphatic imine (C=N–C) groups is 1. The first kappa shape index (κ1) is 17.7. The molecule has 124 valence electrons. The molecule has 0 amide bonds. The number of halogens is 1. The second-order valence-corrected chi connectivity index (χ2v) is 5.53. The van der Waals surface area contributed by atoms with Crippen LogP contribution in [0.25, 0.3) is 0 Å². The van der Waals surface area contributed by atoms with Gasteiger partial charge in [0.05, 0.1) is 18.4 Å². The molecular formula is C16H23IN6. The molecule has 0 atom stereocenters. The van der Waals surface area contributed by atoms with E-state index in [9.17, 15) is 0 Å². The van der Waals surface area contributed by atoms with Gasteiger partial charge in [-0.15, -0.1) is 29.1 Å². The van der Waals surface area contributed by atoms with Crippen molar-refractivity contribution in [2.45, 2.75) is 25.8 Å². The van der Waals surface area contributed by atoms with Crippen molar-refractivity contribution in [3.63, 3.8) is 0 Å². The van der Waals surface area contributed by atoms with E-state index in [0.717, 1.165) is 30.4 Å². The van der Waals surface area contributed by atoms with Crippen molar-refractivity contribution in [1.82, 2.24) is 19.9 Å². The number of guanidine groups is 1. The first-order valence-corrected chi connectivity index (χ1v) is 7.78. The summed E-state index contributed by atoms with van der Waals surface area (Å²) in [6.07, 6.45) is 5.52. The Bertz CT molecular complexity index is 619. The third kappa shape index (κ3) is 4.92. The SMILES string of the molecule is Cn1nncc1CN=C(Nc1ccccc1)N1CCCCC1.I. The van der Waals surface area contributed by atoms with Crippen LogP contribution in [0.15, 0.2) is 41.5 Å². The fourth-order valence-electron chi connectivity index (χ4n) is 2.58. The second kappa shape index (κ2) is 8.85. The van der Waals surface area contributed by atoms with Crippen LogP contribution >= 0.6 is 24.0 Å². The molecule has 0 bridgehead atoms. The zero-order chi connectivity index (χ0) is 15.2. The molecule has 1 aliphatic heterocycles.